The van der Waals surface area contributed by atoms with Crippen LogP contribution in [0.2, 0.25) is 0 Å². The van der Waals surface area contributed by atoms with Gasteiger partial charge in [0.1, 0.15) is 0 Å². The summed E-state index contributed by atoms with van der Waals surface area (Å²) in [5, 5.41) is 0. The van der Waals surface area contributed by atoms with Gasteiger partial charge in [0, 0.05) is 31.3 Å². The number of rotatable bonds is 7. The third-order valence-electron chi connectivity index (χ3n) is 4.34. The fourth-order valence-electron chi connectivity index (χ4n) is 3.18. The normalized spacial score (nSPS) is 12.1. The van der Waals surface area contributed by atoms with Gasteiger partial charge in [-0.2, -0.15) is 0 Å². The first-order chi connectivity index (χ1) is 12.6. The molecule has 0 bridgehead atoms. The SMILES string of the molecule is Cc1ccccc1C(c1cccnc1)N(CC(N)=O)Cc1ccncc1. The maximum atomic E-state index is 11.8. The topological polar surface area (TPSA) is 72.1 Å². The molecule has 0 spiro atoms. The van der Waals surface area contributed by atoms with Gasteiger partial charge in [0.25, 0.3) is 0 Å². The molecule has 0 saturated heterocycles. The van der Waals surface area contributed by atoms with Crippen LogP contribution in [0.1, 0.15) is 28.3 Å². The predicted octanol–water partition coefficient (Wildman–Crippen LogP) is 2.86. The molecule has 5 heteroatoms. The quantitative estimate of drug-likeness (QED) is 0.714. The number of nitrogens with two attached hydrogens (primary N) is 1. The molecule has 0 aliphatic heterocycles. The molecular weight excluding hydrogens is 324 g/mol. The molecule has 0 aliphatic carbocycles. The van der Waals surface area contributed by atoms with E-state index in [0.29, 0.717) is 6.54 Å². The lowest BCUT2D eigenvalue weighted by atomic mass is 9.94. The molecule has 5 nitrogen and oxygen atoms in total. The van der Waals surface area contributed by atoms with Gasteiger partial charge in [-0.15, -0.1) is 0 Å². The Kier molecular flexibility index (Phi) is 5.71. The molecule has 132 valence electrons. The van der Waals surface area contributed by atoms with Crippen molar-refractivity contribution in [1.29, 1.82) is 0 Å². The molecule has 2 aromatic heterocycles. The second kappa shape index (κ2) is 8.36. The van der Waals surface area contributed by atoms with Gasteiger partial charge in [-0.25, -0.2) is 0 Å². The fourth-order valence-corrected chi connectivity index (χ4v) is 3.18. The van der Waals surface area contributed by atoms with Gasteiger partial charge in [0.05, 0.1) is 12.6 Å². The lowest BCUT2D eigenvalue weighted by molar-refractivity contribution is -0.119. The van der Waals surface area contributed by atoms with Crippen LogP contribution in [0.15, 0.2) is 73.3 Å². The van der Waals surface area contributed by atoms with Gasteiger partial charge < -0.3 is 5.73 Å². The standard InChI is InChI=1S/C21H22N4O/c1-16-5-2-3-7-19(16)21(18-6-4-10-24-13-18)25(15-20(22)26)14-17-8-11-23-12-9-17/h2-13,21H,14-15H2,1H3,(H2,22,26). The molecule has 1 aromatic carbocycles. The minimum atomic E-state index is -0.360. The number of hydrogen-bond donors (Lipinski definition) is 1. The number of hydrogen-bond acceptors (Lipinski definition) is 4. The highest BCUT2D eigenvalue weighted by atomic mass is 16.1. The van der Waals surface area contributed by atoms with Gasteiger partial charge in [-0.05, 0) is 47.4 Å². The first-order valence-electron chi connectivity index (χ1n) is 8.52. The molecule has 1 atom stereocenters. The summed E-state index contributed by atoms with van der Waals surface area (Å²) < 4.78 is 0. The zero-order chi connectivity index (χ0) is 18.4. The molecule has 2 heterocycles. The molecule has 1 amide bonds. The predicted molar refractivity (Wildman–Crippen MR) is 101 cm³/mol. The third-order valence-corrected chi connectivity index (χ3v) is 4.34. The first-order valence-corrected chi connectivity index (χ1v) is 8.52. The van der Waals surface area contributed by atoms with Crippen molar-refractivity contribution in [3.05, 3.63) is 95.6 Å². The number of amides is 1. The molecule has 0 radical (unpaired) electrons. The van der Waals surface area contributed by atoms with Crippen LogP contribution in [-0.2, 0) is 11.3 Å². The number of pyridine rings is 2. The van der Waals surface area contributed by atoms with Crippen molar-refractivity contribution in [3.8, 4) is 0 Å². The Morgan fingerprint density at radius 1 is 1.04 bits per heavy atom. The Labute approximate surface area is 153 Å². The minimum absolute atomic E-state index is 0.120. The van der Waals surface area contributed by atoms with E-state index in [-0.39, 0.29) is 18.5 Å². The van der Waals surface area contributed by atoms with Crippen LogP contribution >= 0.6 is 0 Å². The molecular formula is C21H22N4O. The maximum absolute atomic E-state index is 11.8. The molecule has 1 unspecified atom stereocenters. The van der Waals surface area contributed by atoms with Crippen molar-refractivity contribution >= 4 is 5.91 Å². The minimum Gasteiger partial charge on any atom is -0.369 e. The van der Waals surface area contributed by atoms with Crippen molar-refractivity contribution < 1.29 is 4.79 Å². The van der Waals surface area contributed by atoms with Gasteiger partial charge in [0.15, 0.2) is 0 Å². The van der Waals surface area contributed by atoms with Crippen molar-refractivity contribution in [3.63, 3.8) is 0 Å². The zero-order valence-electron chi connectivity index (χ0n) is 14.7. The van der Waals surface area contributed by atoms with E-state index in [0.717, 1.165) is 22.3 Å². The highest BCUT2D eigenvalue weighted by molar-refractivity contribution is 5.76. The van der Waals surface area contributed by atoms with Crippen LogP contribution < -0.4 is 5.73 Å². The average molecular weight is 346 g/mol. The Bertz CT molecular complexity index is 852. The average Bonchev–Trinajstić information content (AvgIpc) is 2.65. The molecule has 3 aromatic rings. The van der Waals surface area contributed by atoms with E-state index in [2.05, 4.69) is 33.9 Å². The Morgan fingerprint density at radius 3 is 2.46 bits per heavy atom. The van der Waals surface area contributed by atoms with Crippen molar-refractivity contribution in [2.45, 2.75) is 19.5 Å². The van der Waals surface area contributed by atoms with E-state index in [1.54, 1.807) is 18.6 Å². The molecule has 26 heavy (non-hydrogen) atoms. The van der Waals surface area contributed by atoms with E-state index in [4.69, 9.17) is 5.73 Å². The number of aromatic nitrogens is 2. The van der Waals surface area contributed by atoms with Crippen LogP contribution in [0, 0.1) is 6.92 Å². The number of carbonyl (C=O) groups is 1. The van der Waals surface area contributed by atoms with E-state index in [1.807, 2.05) is 42.6 Å². The van der Waals surface area contributed by atoms with Gasteiger partial charge in [-0.1, -0.05) is 30.3 Å². The summed E-state index contributed by atoms with van der Waals surface area (Å²) in [5.74, 6) is -0.360. The van der Waals surface area contributed by atoms with Crippen LogP contribution in [0.4, 0.5) is 0 Å². The van der Waals surface area contributed by atoms with Crippen molar-refractivity contribution in [1.82, 2.24) is 14.9 Å². The number of nitrogens with zero attached hydrogens (tertiary/aromatic N) is 3. The van der Waals surface area contributed by atoms with Crippen molar-refractivity contribution in [2.24, 2.45) is 5.73 Å². The summed E-state index contributed by atoms with van der Waals surface area (Å²) in [5.41, 5.74) is 9.96. The Hall–Kier alpha value is -3.05. The summed E-state index contributed by atoms with van der Waals surface area (Å²) in [6.07, 6.45) is 7.10. The third kappa shape index (κ3) is 4.32. The van der Waals surface area contributed by atoms with Gasteiger partial charge >= 0.3 is 0 Å². The molecule has 2 N–H and O–H groups in total. The van der Waals surface area contributed by atoms with Gasteiger partial charge in [0.2, 0.25) is 5.91 Å². The summed E-state index contributed by atoms with van der Waals surface area (Å²) >= 11 is 0. The highest BCUT2D eigenvalue weighted by Gasteiger charge is 2.25. The monoisotopic (exact) mass is 346 g/mol. The highest BCUT2D eigenvalue weighted by Crippen LogP contribution is 2.31. The van der Waals surface area contributed by atoms with Crippen LogP contribution in [0.3, 0.4) is 0 Å². The van der Waals surface area contributed by atoms with E-state index in [9.17, 15) is 4.79 Å². The Morgan fingerprint density at radius 2 is 1.81 bits per heavy atom. The smallest absolute Gasteiger partial charge is 0.231 e. The lowest BCUT2D eigenvalue weighted by Crippen LogP contribution is -2.37. The molecule has 0 saturated carbocycles. The molecule has 0 fully saturated rings. The second-order valence-electron chi connectivity index (χ2n) is 6.27. The van der Waals surface area contributed by atoms with E-state index in [1.165, 1.54) is 0 Å². The lowest BCUT2D eigenvalue weighted by Gasteiger charge is -2.32. The van der Waals surface area contributed by atoms with Crippen LogP contribution in [-0.4, -0.2) is 27.3 Å². The summed E-state index contributed by atoms with van der Waals surface area (Å²) in [6.45, 7) is 2.81. The molecule has 0 aliphatic rings. The van der Waals surface area contributed by atoms with Crippen LogP contribution in [0.5, 0.6) is 0 Å². The first kappa shape index (κ1) is 17.8. The summed E-state index contributed by atoms with van der Waals surface area (Å²) in [6, 6.07) is 15.9. The number of primary amides is 1. The summed E-state index contributed by atoms with van der Waals surface area (Å²) in [7, 11) is 0. The maximum Gasteiger partial charge on any atom is 0.231 e. The summed E-state index contributed by atoms with van der Waals surface area (Å²) in [4.78, 5) is 22.2. The van der Waals surface area contributed by atoms with E-state index >= 15 is 0 Å². The molecule has 3 rings (SSSR count). The Balaban J connectivity index is 2.06. The fraction of sp³-hybridized carbons (Fsp3) is 0.190. The van der Waals surface area contributed by atoms with E-state index < -0.39 is 0 Å². The number of benzene rings is 1. The number of aryl methyl sites for hydroxylation is 1. The largest absolute Gasteiger partial charge is 0.369 e. The zero-order valence-corrected chi connectivity index (χ0v) is 14.7. The second-order valence-corrected chi connectivity index (χ2v) is 6.27. The van der Waals surface area contributed by atoms with Crippen LogP contribution in [0.25, 0.3) is 0 Å². The van der Waals surface area contributed by atoms with Crippen molar-refractivity contribution in [2.75, 3.05) is 6.54 Å². The van der Waals surface area contributed by atoms with Gasteiger partial charge in [-0.3, -0.25) is 19.7 Å². The number of carbonyl (C=O) groups excluding carboxylic acids is 1.